The lowest BCUT2D eigenvalue weighted by Crippen LogP contribution is -2.37. The standard InChI is InChI=1S/C19H18BrFN4O3/c20-12-5-11-10(6-13(12)21)8-3-9(4-8)25-14(15(16(22)26)24-17(11)25)7-23-18(27)19(28)1-2-19/h5-6,8-9,28H,1-4,7H2,(H2,22,26)(H,23,27). The van der Waals surface area contributed by atoms with Gasteiger partial charge in [-0.2, -0.15) is 0 Å². The molecule has 2 aromatic rings. The first-order chi connectivity index (χ1) is 13.3. The highest BCUT2D eigenvalue weighted by molar-refractivity contribution is 9.10. The molecule has 6 rings (SSSR count). The average molecular weight is 449 g/mol. The summed E-state index contributed by atoms with van der Waals surface area (Å²) in [5.74, 6) is -0.681. The van der Waals surface area contributed by atoms with Crippen molar-refractivity contribution in [3.63, 3.8) is 0 Å². The minimum Gasteiger partial charge on any atom is -0.380 e. The number of primary amides is 1. The van der Waals surface area contributed by atoms with Crippen LogP contribution < -0.4 is 11.1 Å². The molecule has 2 aliphatic carbocycles. The van der Waals surface area contributed by atoms with Gasteiger partial charge in [0.1, 0.15) is 17.2 Å². The molecule has 146 valence electrons. The zero-order valence-corrected chi connectivity index (χ0v) is 16.4. The van der Waals surface area contributed by atoms with E-state index in [2.05, 4.69) is 26.2 Å². The smallest absolute Gasteiger partial charge is 0.269 e. The first kappa shape index (κ1) is 17.8. The Morgan fingerprint density at radius 3 is 2.75 bits per heavy atom. The van der Waals surface area contributed by atoms with Crippen molar-refractivity contribution in [2.24, 2.45) is 5.73 Å². The van der Waals surface area contributed by atoms with Gasteiger partial charge in [-0.15, -0.1) is 0 Å². The van der Waals surface area contributed by atoms with Crippen LogP contribution in [0.1, 0.15) is 59.4 Å². The van der Waals surface area contributed by atoms with Crippen LogP contribution in [0.3, 0.4) is 0 Å². The molecule has 28 heavy (non-hydrogen) atoms. The number of carbonyl (C=O) groups is 2. The van der Waals surface area contributed by atoms with Gasteiger partial charge in [0, 0.05) is 11.6 Å². The van der Waals surface area contributed by atoms with Gasteiger partial charge in [-0.1, -0.05) is 0 Å². The Morgan fingerprint density at radius 2 is 2.11 bits per heavy atom. The Balaban J connectivity index is 1.62. The lowest BCUT2D eigenvalue weighted by molar-refractivity contribution is -0.131. The maximum atomic E-state index is 14.1. The third-order valence-corrected chi connectivity index (χ3v) is 6.67. The largest absolute Gasteiger partial charge is 0.380 e. The first-order valence-corrected chi connectivity index (χ1v) is 9.98. The van der Waals surface area contributed by atoms with Gasteiger partial charge in [-0.05, 0) is 65.2 Å². The molecule has 2 aliphatic heterocycles. The zero-order valence-electron chi connectivity index (χ0n) is 14.8. The Labute approximate surface area is 168 Å². The second-order valence-electron chi connectivity index (χ2n) is 7.85. The summed E-state index contributed by atoms with van der Waals surface area (Å²) in [6.07, 6.45) is 2.48. The Kier molecular flexibility index (Phi) is 3.73. The molecule has 2 saturated carbocycles. The van der Waals surface area contributed by atoms with Crippen LogP contribution in [0.25, 0.3) is 11.4 Å². The molecule has 1 aromatic carbocycles. The highest BCUT2D eigenvalue weighted by Crippen LogP contribution is 2.53. The van der Waals surface area contributed by atoms with E-state index in [-0.39, 0.29) is 30.0 Å². The van der Waals surface area contributed by atoms with E-state index in [4.69, 9.17) is 5.73 Å². The fourth-order valence-electron chi connectivity index (χ4n) is 4.24. The van der Waals surface area contributed by atoms with Crippen LogP contribution in [0.15, 0.2) is 16.6 Å². The average Bonchev–Trinajstić information content (AvgIpc) is 3.29. The van der Waals surface area contributed by atoms with E-state index in [0.29, 0.717) is 28.8 Å². The Hall–Kier alpha value is -2.26. The van der Waals surface area contributed by atoms with E-state index in [0.717, 1.165) is 24.0 Å². The number of nitrogens with zero attached hydrogens (tertiary/aromatic N) is 2. The zero-order chi connectivity index (χ0) is 19.8. The van der Waals surface area contributed by atoms with Crippen LogP contribution in [0.4, 0.5) is 4.39 Å². The second-order valence-corrected chi connectivity index (χ2v) is 8.71. The molecule has 0 unspecified atom stereocenters. The predicted octanol–water partition coefficient (Wildman–Crippen LogP) is 2.12. The molecule has 2 amide bonds. The summed E-state index contributed by atoms with van der Waals surface area (Å²) < 4.78 is 16.4. The van der Waals surface area contributed by atoms with Crippen LogP contribution in [0.2, 0.25) is 0 Å². The number of nitrogens with two attached hydrogens (primary N) is 1. The summed E-state index contributed by atoms with van der Waals surface area (Å²) in [5.41, 5.74) is 6.51. The van der Waals surface area contributed by atoms with Gasteiger partial charge in [-0.3, -0.25) is 9.59 Å². The number of rotatable bonds is 4. The topological polar surface area (TPSA) is 110 Å². The van der Waals surface area contributed by atoms with Gasteiger partial charge in [0.25, 0.3) is 11.8 Å². The molecular formula is C19H18BrFN4O3. The maximum Gasteiger partial charge on any atom is 0.269 e. The van der Waals surface area contributed by atoms with Crippen molar-refractivity contribution in [3.8, 4) is 11.4 Å². The van der Waals surface area contributed by atoms with Crippen molar-refractivity contribution >= 4 is 27.7 Å². The van der Waals surface area contributed by atoms with Crippen molar-refractivity contribution in [3.05, 3.63) is 39.4 Å². The number of aromatic nitrogens is 2. The van der Waals surface area contributed by atoms with Crippen molar-refractivity contribution in [2.75, 3.05) is 0 Å². The van der Waals surface area contributed by atoms with E-state index in [1.807, 2.05) is 4.57 Å². The summed E-state index contributed by atoms with van der Waals surface area (Å²) >= 11 is 3.23. The summed E-state index contributed by atoms with van der Waals surface area (Å²) in [7, 11) is 0. The quantitative estimate of drug-likeness (QED) is 0.664. The fraction of sp³-hybridized carbons (Fsp3) is 0.421. The summed E-state index contributed by atoms with van der Waals surface area (Å²) in [4.78, 5) is 28.7. The van der Waals surface area contributed by atoms with Crippen LogP contribution in [-0.2, 0) is 11.3 Å². The number of aliphatic hydroxyl groups is 1. The van der Waals surface area contributed by atoms with Crippen molar-refractivity contribution in [1.29, 1.82) is 0 Å². The highest BCUT2D eigenvalue weighted by atomic mass is 79.9. The molecule has 4 N–H and O–H groups in total. The molecule has 9 heteroatoms. The van der Waals surface area contributed by atoms with Crippen LogP contribution in [-0.4, -0.2) is 32.1 Å². The number of imidazole rings is 1. The number of nitrogens with one attached hydrogen (secondary N) is 1. The number of hydrogen-bond acceptors (Lipinski definition) is 4. The van der Waals surface area contributed by atoms with Gasteiger partial charge in [0.05, 0.1) is 16.7 Å². The van der Waals surface area contributed by atoms with Gasteiger partial charge in [0.15, 0.2) is 5.69 Å². The molecular weight excluding hydrogens is 431 g/mol. The third-order valence-electron chi connectivity index (χ3n) is 6.06. The van der Waals surface area contributed by atoms with E-state index >= 15 is 0 Å². The maximum absolute atomic E-state index is 14.1. The monoisotopic (exact) mass is 448 g/mol. The van der Waals surface area contributed by atoms with Crippen LogP contribution in [0.5, 0.6) is 0 Å². The van der Waals surface area contributed by atoms with Gasteiger partial charge in [0.2, 0.25) is 0 Å². The number of amides is 2. The summed E-state index contributed by atoms with van der Waals surface area (Å²) in [5, 5.41) is 12.7. The van der Waals surface area contributed by atoms with E-state index in [9.17, 15) is 19.1 Å². The molecule has 0 atom stereocenters. The minimum absolute atomic E-state index is 0.0469. The molecule has 4 aliphatic rings. The lowest BCUT2D eigenvalue weighted by atomic mass is 9.75. The van der Waals surface area contributed by atoms with Gasteiger partial charge in [-0.25, -0.2) is 9.37 Å². The molecule has 2 bridgehead atoms. The Bertz CT molecular complexity index is 1040. The van der Waals surface area contributed by atoms with Gasteiger partial charge < -0.3 is 20.7 Å². The summed E-state index contributed by atoms with van der Waals surface area (Å²) in [6.45, 7) is 0.0469. The van der Waals surface area contributed by atoms with E-state index in [1.54, 1.807) is 6.07 Å². The molecule has 1 aromatic heterocycles. The molecule has 0 radical (unpaired) electrons. The number of halogens is 2. The molecule has 0 spiro atoms. The van der Waals surface area contributed by atoms with Crippen LogP contribution in [0, 0.1) is 5.82 Å². The first-order valence-electron chi connectivity index (χ1n) is 9.19. The number of carbonyl (C=O) groups excluding carboxylic acids is 2. The third kappa shape index (κ3) is 2.52. The van der Waals surface area contributed by atoms with Crippen molar-refractivity contribution in [1.82, 2.24) is 14.9 Å². The highest BCUT2D eigenvalue weighted by Gasteiger charge is 2.48. The fourth-order valence-corrected chi connectivity index (χ4v) is 4.58. The molecule has 3 heterocycles. The molecule has 0 saturated heterocycles. The number of hydrogen-bond donors (Lipinski definition) is 3. The number of benzene rings is 1. The SMILES string of the molecule is NC(=O)c1nc2n(c1CNC(=O)C1(O)CC1)C1CC(C1)c1cc(F)c(Br)cc1-2. The minimum atomic E-state index is -1.30. The van der Waals surface area contributed by atoms with Gasteiger partial charge >= 0.3 is 0 Å². The lowest BCUT2D eigenvalue weighted by Gasteiger charge is -2.35. The normalized spacial score (nSPS) is 23.1. The molecule has 2 fully saturated rings. The van der Waals surface area contributed by atoms with Crippen molar-refractivity contribution in [2.45, 2.75) is 49.8 Å². The van der Waals surface area contributed by atoms with Crippen LogP contribution >= 0.6 is 15.9 Å². The Morgan fingerprint density at radius 1 is 1.39 bits per heavy atom. The summed E-state index contributed by atoms with van der Waals surface area (Å²) in [6, 6.07) is 3.31. The van der Waals surface area contributed by atoms with Crippen molar-refractivity contribution < 1.29 is 19.1 Å². The second kappa shape index (κ2) is 5.87. The predicted molar refractivity (Wildman–Crippen MR) is 101 cm³/mol. The van der Waals surface area contributed by atoms with E-state index < -0.39 is 17.4 Å². The molecule has 7 nitrogen and oxygen atoms in total. The van der Waals surface area contributed by atoms with E-state index in [1.165, 1.54) is 6.07 Å².